The Balaban J connectivity index is 2.64. The second-order valence-electron chi connectivity index (χ2n) is 3.30. The number of benzene rings is 1. The molecule has 1 rings (SSSR count). The number of hydrogen-bond donors (Lipinski definition) is 3. The van der Waals surface area contributed by atoms with Crippen molar-refractivity contribution in [1.82, 2.24) is 10.6 Å². The van der Waals surface area contributed by atoms with Crippen molar-refractivity contribution in [3.63, 3.8) is 0 Å². The van der Waals surface area contributed by atoms with E-state index in [1.54, 1.807) is 18.2 Å². The fourth-order valence-corrected chi connectivity index (χ4v) is 1.83. The summed E-state index contributed by atoms with van der Waals surface area (Å²) < 4.78 is 0.670. The predicted octanol–water partition coefficient (Wildman–Crippen LogP) is 1.60. The van der Waals surface area contributed by atoms with Gasteiger partial charge in [-0.15, -0.1) is 12.6 Å². The van der Waals surface area contributed by atoms with E-state index in [4.69, 9.17) is 0 Å². The first-order chi connectivity index (χ1) is 8.04. The van der Waals surface area contributed by atoms with E-state index in [2.05, 4.69) is 39.2 Å². The summed E-state index contributed by atoms with van der Waals surface area (Å²) >= 11 is 7.43. The summed E-state index contributed by atoms with van der Waals surface area (Å²) in [5.74, 6) is -0.516. The second kappa shape index (κ2) is 6.66. The van der Waals surface area contributed by atoms with E-state index < -0.39 is 0 Å². The van der Waals surface area contributed by atoms with Crippen LogP contribution in [0.15, 0.2) is 27.6 Å². The molecule has 4 nitrogen and oxygen atoms in total. The molecule has 0 bridgehead atoms. The summed E-state index contributed by atoms with van der Waals surface area (Å²) in [5.41, 5.74) is 0.460. The minimum absolute atomic E-state index is 0.0318. The lowest BCUT2D eigenvalue weighted by molar-refractivity contribution is -0.120. The first-order valence-corrected chi connectivity index (χ1v) is 6.32. The van der Waals surface area contributed by atoms with Crippen LogP contribution >= 0.6 is 28.6 Å². The second-order valence-corrected chi connectivity index (χ2v) is 4.67. The zero-order chi connectivity index (χ0) is 12.8. The number of likely N-dealkylation sites (N-methyl/N-ethyl adjacent to an activating group) is 1. The molecule has 0 aliphatic heterocycles. The van der Waals surface area contributed by atoms with Gasteiger partial charge in [-0.25, -0.2) is 0 Å². The van der Waals surface area contributed by atoms with Crippen LogP contribution in [-0.4, -0.2) is 24.9 Å². The molecule has 0 fully saturated rings. The molecular weight excluding hydrogens is 304 g/mol. The normalized spacial score (nSPS) is 9.82. The summed E-state index contributed by atoms with van der Waals surface area (Å²) in [6, 6.07) is 5.15. The molecule has 92 valence electrons. The average molecular weight is 317 g/mol. The largest absolute Gasteiger partial charge is 0.355 e. The van der Waals surface area contributed by atoms with E-state index in [9.17, 15) is 9.59 Å². The predicted molar refractivity (Wildman–Crippen MR) is 72.4 cm³/mol. The van der Waals surface area contributed by atoms with Crippen molar-refractivity contribution in [1.29, 1.82) is 0 Å². The number of carbonyl (C=O) groups is 2. The molecule has 0 aliphatic rings. The standard InChI is InChI=1S/C11H13BrN2O2S/c1-2-13-10(15)6-14-11(16)8-5-7(17)3-4-9(8)12/h3-5,17H,2,6H2,1H3,(H,13,15)(H,14,16). The summed E-state index contributed by atoms with van der Waals surface area (Å²) in [6.45, 7) is 2.33. The van der Waals surface area contributed by atoms with Crippen molar-refractivity contribution < 1.29 is 9.59 Å². The highest BCUT2D eigenvalue weighted by atomic mass is 79.9. The van der Waals surface area contributed by atoms with Crippen molar-refractivity contribution in [3.8, 4) is 0 Å². The summed E-state index contributed by atoms with van der Waals surface area (Å²) in [7, 11) is 0. The highest BCUT2D eigenvalue weighted by Gasteiger charge is 2.11. The lowest BCUT2D eigenvalue weighted by Crippen LogP contribution is -2.36. The van der Waals surface area contributed by atoms with Gasteiger partial charge in [0.2, 0.25) is 5.91 Å². The Morgan fingerprint density at radius 3 is 2.71 bits per heavy atom. The Bertz CT molecular complexity index is 437. The quantitative estimate of drug-likeness (QED) is 0.739. The maximum absolute atomic E-state index is 11.8. The van der Waals surface area contributed by atoms with Gasteiger partial charge in [0.25, 0.3) is 5.91 Å². The summed E-state index contributed by atoms with van der Waals surface area (Å²) in [5, 5.41) is 5.13. The maximum atomic E-state index is 11.8. The van der Waals surface area contributed by atoms with Crippen LogP contribution in [0.5, 0.6) is 0 Å². The molecule has 6 heteroatoms. The Kier molecular flexibility index (Phi) is 5.50. The third-order valence-corrected chi connectivity index (χ3v) is 2.95. The molecular formula is C11H13BrN2O2S. The highest BCUT2D eigenvalue weighted by Crippen LogP contribution is 2.19. The van der Waals surface area contributed by atoms with Gasteiger partial charge in [0, 0.05) is 15.9 Å². The zero-order valence-corrected chi connectivity index (χ0v) is 11.8. The van der Waals surface area contributed by atoms with Gasteiger partial charge in [0.05, 0.1) is 12.1 Å². The Labute approximate surface area is 114 Å². The molecule has 0 aromatic heterocycles. The summed E-state index contributed by atoms with van der Waals surface area (Å²) in [6.07, 6.45) is 0. The van der Waals surface area contributed by atoms with Crippen LogP contribution in [-0.2, 0) is 4.79 Å². The first kappa shape index (κ1) is 14.1. The minimum Gasteiger partial charge on any atom is -0.355 e. The molecule has 1 aromatic carbocycles. The van der Waals surface area contributed by atoms with Crippen LogP contribution in [0.4, 0.5) is 0 Å². The van der Waals surface area contributed by atoms with E-state index in [0.717, 1.165) is 0 Å². The van der Waals surface area contributed by atoms with Crippen LogP contribution in [0.3, 0.4) is 0 Å². The van der Waals surface area contributed by atoms with Gasteiger partial charge in [-0.05, 0) is 41.1 Å². The van der Waals surface area contributed by atoms with E-state index in [0.29, 0.717) is 21.5 Å². The fourth-order valence-electron chi connectivity index (χ4n) is 1.20. The van der Waals surface area contributed by atoms with E-state index >= 15 is 0 Å². The Hall–Kier alpha value is -1.01. The molecule has 0 unspecified atom stereocenters. The van der Waals surface area contributed by atoms with Crippen LogP contribution in [0, 0.1) is 0 Å². The van der Waals surface area contributed by atoms with Crippen molar-refractivity contribution in [2.24, 2.45) is 0 Å². The molecule has 2 amide bonds. The van der Waals surface area contributed by atoms with Gasteiger partial charge >= 0.3 is 0 Å². The number of halogens is 1. The van der Waals surface area contributed by atoms with Crippen molar-refractivity contribution in [2.45, 2.75) is 11.8 Å². The van der Waals surface area contributed by atoms with Gasteiger partial charge in [-0.1, -0.05) is 0 Å². The van der Waals surface area contributed by atoms with E-state index in [1.165, 1.54) is 0 Å². The van der Waals surface area contributed by atoms with Crippen molar-refractivity contribution >= 4 is 40.4 Å². The zero-order valence-electron chi connectivity index (χ0n) is 9.29. The monoisotopic (exact) mass is 316 g/mol. The first-order valence-electron chi connectivity index (χ1n) is 5.08. The number of rotatable bonds is 4. The minimum atomic E-state index is -0.306. The molecule has 0 spiro atoms. The number of amides is 2. The lowest BCUT2D eigenvalue weighted by Gasteiger charge is -2.07. The van der Waals surface area contributed by atoms with E-state index in [1.807, 2.05) is 6.92 Å². The number of carbonyl (C=O) groups excluding carboxylic acids is 2. The third kappa shape index (κ3) is 4.40. The molecule has 0 saturated carbocycles. The van der Waals surface area contributed by atoms with Crippen LogP contribution in [0.25, 0.3) is 0 Å². The van der Waals surface area contributed by atoms with Gasteiger partial charge in [0.15, 0.2) is 0 Å². The van der Waals surface area contributed by atoms with Crippen molar-refractivity contribution in [2.75, 3.05) is 13.1 Å². The molecule has 0 atom stereocenters. The molecule has 0 radical (unpaired) electrons. The number of thiol groups is 1. The number of nitrogens with one attached hydrogen (secondary N) is 2. The van der Waals surface area contributed by atoms with Crippen molar-refractivity contribution in [3.05, 3.63) is 28.2 Å². The third-order valence-electron chi connectivity index (χ3n) is 1.98. The SMILES string of the molecule is CCNC(=O)CNC(=O)c1cc(S)ccc1Br. The molecule has 1 aromatic rings. The molecule has 0 aliphatic carbocycles. The molecule has 2 N–H and O–H groups in total. The topological polar surface area (TPSA) is 58.2 Å². The molecule has 0 saturated heterocycles. The maximum Gasteiger partial charge on any atom is 0.252 e. The number of hydrogen-bond acceptors (Lipinski definition) is 3. The van der Waals surface area contributed by atoms with Gasteiger partial charge in [0.1, 0.15) is 0 Å². The van der Waals surface area contributed by atoms with Crippen LogP contribution < -0.4 is 10.6 Å². The van der Waals surface area contributed by atoms with Gasteiger partial charge in [-0.2, -0.15) is 0 Å². The smallest absolute Gasteiger partial charge is 0.252 e. The van der Waals surface area contributed by atoms with Crippen LogP contribution in [0.1, 0.15) is 17.3 Å². The summed E-state index contributed by atoms with van der Waals surface area (Å²) in [4.78, 5) is 23.6. The molecule has 17 heavy (non-hydrogen) atoms. The average Bonchev–Trinajstić information content (AvgIpc) is 2.29. The Morgan fingerprint density at radius 2 is 2.06 bits per heavy atom. The highest BCUT2D eigenvalue weighted by molar-refractivity contribution is 9.10. The van der Waals surface area contributed by atoms with Crippen LogP contribution in [0.2, 0.25) is 0 Å². The Morgan fingerprint density at radius 1 is 1.35 bits per heavy atom. The van der Waals surface area contributed by atoms with Gasteiger partial charge in [-0.3, -0.25) is 9.59 Å². The fraction of sp³-hybridized carbons (Fsp3) is 0.273. The molecule has 0 heterocycles. The lowest BCUT2D eigenvalue weighted by atomic mass is 10.2. The van der Waals surface area contributed by atoms with Gasteiger partial charge < -0.3 is 10.6 Å². The van der Waals surface area contributed by atoms with E-state index in [-0.39, 0.29) is 18.4 Å².